The minimum absolute atomic E-state index is 0.392. The Morgan fingerprint density at radius 3 is 2.65 bits per heavy atom. The quantitative estimate of drug-likeness (QED) is 0.540. The Morgan fingerprint density at radius 1 is 1.35 bits per heavy atom. The van der Waals surface area contributed by atoms with Crippen LogP contribution in [-0.4, -0.2) is 36.7 Å². The van der Waals surface area contributed by atoms with Crippen molar-refractivity contribution < 1.29 is 4.74 Å². The lowest BCUT2D eigenvalue weighted by Crippen LogP contribution is -2.27. The fourth-order valence-electron chi connectivity index (χ4n) is 1.83. The Hall–Kier alpha value is -1.03. The van der Waals surface area contributed by atoms with Gasteiger partial charge in [0.25, 0.3) is 0 Å². The van der Waals surface area contributed by atoms with Crippen LogP contribution in [0.15, 0.2) is 0 Å². The minimum atomic E-state index is -0.392. The molecule has 1 aliphatic heterocycles. The van der Waals surface area contributed by atoms with Crippen molar-refractivity contribution in [3.8, 4) is 17.9 Å². The van der Waals surface area contributed by atoms with Gasteiger partial charge in [0.2, 0.25) is 0 Å². The normalized spacial score (nSPS) is 19.1. The summed E-state index contributed by atoms with van der Waals surface area (Å²) in [6.45, 7) is 7.73. The van der Waals surface area contributed by atoms with Crippen molar-refractivity contribution in [3.63, 3.8) is 0 Å². The molecule has 0 saturated carbocycles. The molecular weight excluding hydrogens is 212 g/mol. The summed E-state index contributed by atoms with van der Waals surface area (Å²) in [5.74, 6) is 6.42. The number of hydrogen-bond acceptors (Lipinski definition) is 3. The fraction of sp³-hybridized carbons (Fsp3) is 0.786. The monoisotopic (exact) mass is 234 g/mol. The zero-order valence-corrected chi connectivity index (χ0v) is 11.0. The van der Waals surface area contributed by atoms with Crippen molar-refractivity contribution in [3.05, 3.63) is 0 Å². The molecule has 0 N–H and O–H groups in total. The third kappa shape index (κ3) is 5.22. The molecular formula is C14H22N2O. The maximum atomic E-state index is 8.48. The third-order valence-electron chi connectivity index (χ3n) is 3.16. The molecule has 0 aromatic carbocycles. The van der Waals surface area contributed by atoms with E-state index in [0.29, 0.717) is 13.0 Å². The molecule has 0 spiro atoms. The Kier molecular flexibility index (Phi) is 6.05. The molecule has 0 aromatic rings. The molecule has 94 valence electrons. The Morgan fingerprint density at radius 2 is 2.06 bits per heavy atom. The molecule has 3 nitrogen and oxygen atoms in total. The number of nitriles is 1. The minimum Gasteiger partial charge on any atom is -0.362 e. The van der Waals surface area contributed by atoms with E-state index < -0.39 is 5.60 Å². The number of likely N-dealkylation sites (tertiary alicyclic amines) is 1. The molecule has 0 unspecified atom stereocenters. The maximum Gasteiger partial charge on any atom is 0.125 e. The zero-order valence-electron chi connectivity index (χ0n) is 11.0. The third-order valence-corrected chi connectivity index (χ3v) is 3.16. The summed E-state index contributed by atoms with van der Waals surface area (Å²) in [6.07, 6.45) is 3.88. The topological polar surface area (TPSA) is 36.3 Å². The van der Waals surface area contributed by atoms with Gasteiger partial charge < -0.3 is 4.74 Å². The van der Waals surface area contributed by atoms with Crippen LogP contribution in [0.4, 0.5) is 0 Å². The molecule has 0 radical (unpaired) electrons. The van der Waals surface area contributed by atoms with E-state index in [4.69, 9.17) is 10.00 Å². The Bertz CT molecular complexity index is 317. The first-order valence-electron chi connectivity index (χ1n) is 6.43. The highest BCUT2D eigenvalue weighted by atomic mass is 16.5. The second-order valence-electron chi connectivity index (χ2n) is 4.63. The summed E-state index contributed by atoms with van der Waals surface area (Å²) in [5, 5.41) is 8.48. The second kappa shape index (κ2) is 7.33. The van der Waals surface area contributed by atoms with Gasteiger partial charge in [-0.3, -0.25) is 4.90 Å². The zero-order chi connectivity index (χ0) is 12.6. The van der Waals surface area contributed by atoms with E-state index in [1.807, 2.05) is 6.92 Å². The predicted octanol–water partition coefficient (Wildman–Crippen LogP) is 2.18. The van der Waals surface area contributed by atoms with E-state index in [1.54, 1.807) is 0 Å². The van der Waals surface area contributed by atoms with E-state index >= 15 is 0 Å². The Labute approximate surface area is 105 Å². The van der Waals surface area contributed by atoms with Gasteiger partial charge in [0.05, 0.1) is 25.6 Å². The number of rotatable bonds is 5. The van der Waals surface area contributed by atoms with Crippen LogP contribution >= 0.6 is 0 Å². The molecule has 0 aromatic heterocycles. The van der Waals surface area contributed by atoms with Crippen LogP contribution in [0.3, 0.4) is 0 Å². The van der Waals surface area contributed by atoms with Crippen LogP contribution < -0.4 is 0 Å². The molecule has 1 fully saturated rings. The predicted molar refractivity (Wildman–Crippen MR) is 68.3 cm³/mol. The lowest BCUT2D eigenvalue weighted by Gasteiger charge is -2.22. The van der Waals surface area contributed by atoms with E-state index in [1.165, 1.54) is 25.9 Å². The van der Waals surface area contributed by atoms with Gasteiger partial charge >= 0.3 is 0 Å². The highest BCUT2D eigenvalue weighted by Crippen LogP contribution is 2.14. The molecule has 1 aliphatic rings. The first kappa shape index (κ1) is 14.0. The first-order valence-corrected chi connectivity index (χ1v) is 6.43. The number of hydrogen-bond donors (Lipinski definition) is 0. The average molecular weight is 234 g/mol. The molecule has 1 saturated heterocycles. The summed E-state index contributed by atoms with van der Waals surface area (Å²) in [5.41, 5.74) is -0.392. The van der Waals surface area contributed by atoms with Crippen LogP contribution in [0.5, 0.6) is 0 Å². The van der Waals surface area contributed by atoms with Crippen LogP contribution in [0, 0.1) is 23.2 Å². The van der Waals surface area contributed by atoms with Gasteiger partial charge in [0, 0.05) is 0 Å². The maximum absolute atomic E-state index is 8.48. The van der Waals surface area contributed by atoms with Crippen molar-refractivity contribution in [2.45, 2.75) is 45.1 Å². The van der Waals surface area contributed by atoms with E-state index in [2.05, 4.69) is 29.7 Å². The molecule has 3 heteroatoms. The van der Waals surface area contributed by atoms with Gasteiger partial charge in [-0.2, -0.15) is 5.26 Å². The van der Waals surface area contributed by atoms with E-state index in [0.717, 1.165) is 13.0 Å². The van der Waals surface area contributed by atoms with Gasteiger partial charge in [-0.05, 0) is 39.3 Å². The molecule has 0 aliphatic carbocycles. The summed E-state index contributed by atoms with van der Waals surface area (Å²) < 4.78 is 5.67. The SMILES string of the molecule is CC[C@](C)(C#CCN1CCCC1)OCCC#N. The van der Waals surface area contributed by atoms with Crippen molar-refractivity contribution >= 4 is 0 Å². The van der Waals surface area contributed by atoms with E-state index in [9.17, 15) is 0 Å². The lowest BCUT2D eigenvalue weighted by molar-refractivity contribution is 0.0137. The molecule has 17 heavy (non-hydrogen) atoms. The molecule has 0 amide bonds. The smallest absolute Gasteiger partial charge is 0.125 e. The summed E-state index contributed by atoms with van der Waals surface area (Å²) in [4.78, 5) is 2.37. The average Bonchev–Trinajstić information content (AvgIpc) is 2.82. The molecule has 0 bridgehead atoms. The second-order valence-corrected chi connectivity index (χ2v) is 4.63. The van der Waals surface area contributed by atoms with Gasteiger partial charge in [-0.1, -0.05) is 18.8 Å². The summed E-state index contributed by atoms with van der Waals surface area (Å²) >= 11 is 0. The standard InChI is InChI=1S/C14H22N2O/c1-3-14(2,17-13-7-9-15)8-6-12-16-10-4-5-11-16/h3-5,7,10-13H2,1-2H3/t14-/m1/s1. The van der Waals surface area contributed by atoms with Crippen molar-refractivity contribution in [2.75, 3.05) is 26.2 Å². The van der Waals surface area contributed by atoms with E-state index in [-0.39, 0.29) is 0 Å². The highest BCUT2D eigenvalue weighted by Gasteiger charge is 2.19. The van der Waals surface area contributed by atoms with Gasteiger partial charge in [0.15, 0.2) is 0 Å². The summed E-state index contributed by atoms with van der Waals surface area (Å²) in [7, 11) is 0. The molecule has 1 heterocycles. The van der Waals surface area contributed by atoms with Crippen molar-refractivity contribution in [1.29, 1.82) is 5.26 Å². The molecule has 1 atom stereocenters. The van der Waals surface area contributed by atoms with Crippen molar-refractivity contribution in [2.24, 2.45) is 0 Å². The number of nitrogens with zero attached hydrogens (tertiary/aromatic N) is 2. The van der Waals surface area contributed by atoms with Gasteiger partial charge in [-0.25, -0.2) is 0 Å². The molecule has 1 rings (SSSR count). The van der Waals surface area contributed by atoms with Crippen molar-refractivity contribution in [1.82, 2.24) is 4.90 Å². The van der Waals surface area contributed by atoms with Crippen LogP contribution in [0.2, 0.25) is 0 Å². The largest absolute Gasteiger partial charge is 0.362 e. The highest BCUT2D eigenvalue weighted by molar-refractivity contribution is 5.13. The number of ether oxygens (including phenoxy) is 1. The van der Waals surface area contributed by atoms with Gasteiger partial charge in [0.1, 0.15) is 5.60 Å². The van der Waals surface area contributed by atoms with Crippen LogP contribution in [-0.2, 0) is 4.74 Å². The fourth-order valence-corrected chi connectivity index (χ4v) is 1.83. The van der Waals surface area contributed by atoms with Crippen LogP contribution in [0.25, 0.3) is 0 Å². The lowest BCUT2D eigenvalue weighted by atomic mass is 10.0. The van der Waals surface area contributed by atoms with Crippen LogP contribution in [0.1, 0.15) is 39.5 Å². The first-order chi connectivity index (χ1) is 8.20. The van der Waals surface area contributed by atoms with Gasteiger partial charge in [-0.15, -0.1) is 0 Å². The Balaban J connectivity index is 2.38. The summed E-state index contributed by atoms with van der Waals surface area (Å²) in [6, 6.07) is 2.08.